The van der Waals surface area contributed by atoms with Gasteiger partial charge in [-0.25, -0.2) is 0 Å². The summed E-state index contributed by atoms with van der Waals surface area (Å²) >= 11 is 0. The molecule has 0 saturated carbocycles. The van der Waals surface area contributed by atoms with Crippen molar-refractivity contribution in [3.8, 4) is 22.3 Å². The van der Waals surface area contributed by atoms with Crippen LogP contribution < -0.4 is 0 Å². The van der Waals surface area contributed by atoms with Gasteiger partial charge in [0.05, 0.1) is 23.9 Å². The summed E-state index contributed by atoms with van der Waals surface area (Å²) in [7, 11) is 0. The van der Waals surface area contributed by atoms with Crippen molar-refractivity contribution in [3.05, 3.63) is 119 Å². The molecule has 2 fully saturated rings. The molecule has 246 valence electrons. The van der Waals surface area contributed by atoms with E-state index in [0.717, 1.165) is 84.5 Å². The summed E-state index contributed by atoms with van der Waals surface area (Å²) in [5.41, 5.74) is 7.29. The SMILES string of the molecule is CCCCCN1C(=O)C2C(C(=O)N(CCCCC)C2c2ccc(-c3ccc(C=O)cc3)cc2)C1c1ccc(-c2ccc(C=O)cc2)cc1. The number of rotatable bonds is 14. The Hall–Kier alpha value is -4.84. The third kappa shape index (κ3) is 6.49. The Morgan fingerprint density at radius 1 is 0.479 bits per heavy atom. The molecule has 2 saturated heterocycles. The fraction of sp³-hybridized carbons (Fsp3) is 0.333. The zero-order valence-corrected chi connectivity index (χ0v) is 27.9. The number of benzene rings is 4. The fourth-order valence-corrected chi connectivity index (χ4v) is 7.61. The van der Waals surface area contributed by atoms with Crippen LogP contribution in [0.4, 0.5) is 0 Å². The number of nitrogens with zero attached hydrogens (tertiary/aromatic N) is 2. The van der Waals surface area contributed by atoms with E-state index in [-0.39, 0.29) is 23.9 Å². The maximum Gasteiger partial charge on any atom is 0.229 e. The highest BCUT2D eigenvalue weighted by molar-refractivity contribution is 5.96. The van der Waals surface area contributed by atoms with E-state index in [1.165, 1.54) is 0 Å². The van der Waals surface area contributed by atoms with Gasteiger partial charge < -0.3 is 9.80 Å². The largest absolute Gasteiger partial charge is 0.334 e. The lowest BCUT2D eigenvalue weighted by molar-refractivity contribution is -0.136. The van der Waals surface area contributed by atoms with Crippen molar-refractivity contribution in [1.82, 2.24) is 9.80 Å². The number of aldehydes is 2. The van der Waals surface area contributed by atoms with Crippen molar-refractivity contribution >= 4 is 24.4 Å². The van der Waals surface area contributed by atoms with Crippen molar-refractivity contribution in [1.29, 1.82) is 0 Å². The molecular weight excluding hydrogens is 596 g/mol. The molecule has 6 nitrogen and oxygen atoms in total. The van der Waals surface area contributed by atoms with Crippen LogP contribution in [0.5, 0.6) is 0 Å². The van der Waals surface area contributed by atoms with Gasteiger partial charge in [-0.1, -0.05) is 137 Å². The van der Waals surface area contributed by atoms with Crippen molar-refractivity contribution in [3.63, 3.8) is 0 Å². The molecule has 0 spiro atoms. The van der Waals surface area contributed by atoms with Crippen LogP contribution in [0.3, 0.4) is 0 Å². The Morgan fingerprint density at radius 2 is 0.792 bits per heavy atom. The normalized spacial score (nSPS) is 20.3. The molecule has 0 aromatic heterocycles. The first-order valence-electron chi connectivity index (χ1n) is 17.4. The van der Waals surface area contributed by atoms with Crippen LogP contribution >= 0.6 is 0 Å². The van der Waals surface area contributed by atoms with Crippen LogP contribution in [0, 0.1) is 11.8 Å². The van der Waals surface area contributed by atoms with E-state index in [1.807, 2.05) is 58.3 Å². The van der Waals surface area contributed by atoms with E-state index in [9.17, 15) is 19.2 Å². The molecule has 6 rings (SSSR count). The van der Waals surface area contributed by atoms with Crippen molar-refractivity contribution < 1.29 is 19.2 Å². The molecule has 2 heterocycles. The number of hydrogen-bond acceptors (Lipinski definition) is 4. The monoisotopic (exact) mass is 640 g/mol. The average molecular weight is 641 g/mol. The first-order valence-corrected chi connectivity index (χ1v) is 17.4. The fourth-order valence-electron chi connectivity index (χ4n) is 7.61. The molecular formula is C42H44N2O4. The van der Waals surface area contributed by atoms with E-state index in [4.69, 9.17) is 0 Å². The molecule has 0 N–H and O–H groups in total. The second kappa shape index (κ2) is 14.9. The predicted molar refractivity (Wildman–Crippen MR) is 189 cm³/mol. The first-order chi connectivity index (χ1) is 23.5. The van der Waals surface area contributed by atoms with Crippen LogP contribution in [0.25, 0.3) is 22.3 Å². The van der Waals surface area contributed by atoms with Gasteiger partial charge in [0.2, 0.25) is 11.8 Å². The first kappa shape index (κ1) is 33.1. The Kier molecular flexibility index (Phi) is 10.3. The highest BCUT2D eigenvalue weighted by Crippen LogP contribution is 2.54. The van der Waals surface area contributed by atoms with Crippen LogP contribution in [-0.4, -0.2) is 47.3 Å². The van der Waals surface area contributed by atoms with Gasteiger partial charge in [-0.3, -0.25) is 19.2 Å². The molecule has 6 heteroatoms. The summed E-state index contributed by atoms with van der Waals surface area (Å²) in [6.45, 7) is 5.58. The zero-order chi connectivity index (χ0) is 33.6. The van der Waals surface area contributed by atoms with Gasteiger partial charge in [0.25, 0.3) is 0 Å². The van der Waals surface area contributed by atoms with Crippen molar-refractivity contribution in [2.24, 2.45) is 11.8 Å². The van der Waals surface area contributed by atoms with Crippen LogP contribution in [0.2, 0.25) is 0 Å². The number of carbonyl (C=O) groups excluding carboxylic acids is 4. The Bertz CT molecular complexity index is 1600. The number of carbonyl (C=O) groups is 4. The molecule has 0 bridgehead atoms. The third-order valence-electron chi connectivity index (χ3n) is 10.1. The summed E-state index contributed by atoms with van der Waals surface area (Å²) in [6, 6.07) is 30.9. The summed E-state index contributed by atoms with van der Waals surface area (Å²) in [5.74, 6) is -0.780. The minimum Gasteiger partial charge on any atom is -0.334 e. The topological polar surface area (TPSA) is 74.8 Å². The summed E-state index contributed by atoms with van der Waals surface area (Å²) < 4.78 is 0. The minimum atomic E-state index is -0.459. The summed E-state index contributed by atoms with van der Waals surface area (Å²) in [5, 5.41) is 0. The van der Waals surface area contributed by atoms with Crippen molar-refractivity contribution in [2.45, 2.75) is 64.5 Å². The number of hydrogen-bond donors (Lipinski definition) is 0. The standard InChI is InChI=1S/C42H44N2O4/c1-3-5-7-25-43-39(35-21-17-33(18-22-35)31-13-9-29(27-45)10-14-31)37-38(41(43)47)40(44(42(37)48)26-8-6-4-2)36-23-19-34(20-24-36)32-15-11-30(28-46)12-16-32/h9-24,27-28,37-40H,3-8,25-26H2,1-2H3. The van der Waals surface area contributed by atoms with Gasteiger partial charge in [0.15, 0.2) is 0 Å². The average Bonchev–Trinajstić information content (AvgIpc) is 3.58. The lowest BCUT2D eigenvalue weighted by Crippen LogP contribution is -2.39. The number of likely N-dealkylation sites (tertiary alicyclic amines) is 2. The van der Waals surface area contributed by atoms with Gasteiger partial charge in [0, 0.05) is 24.2 Å². The second-order valence-corrected chi connectivity index (χ2v) is 13.1. The van der Waals surface area contributed by atoms with E-state index >= 15 is 0 Å². The van der Waals surface area contributed by atoms with Gasteiger partial charge >= 0.3 is 0 Å². The van der Waals surface area contributed by atoms with Crippen LogP contribution in [-0.2, 0) is 9.59 Å². The molecule has 4 atom stereocenters. The van der Waals surface area contributed by atoms with Crippen LogP contribution in [0.1, 0.15) is 96.3 Å². The molecule has 2 aliphatic heterocycles. The molecule has 4 aromatic carbocycles. The molecule has 2 aliphatic rings. The lowest BCUT2D eigenvalue weighted by atomic mass is 9.83. The number of unbranched alkanes of at least 4 members (excludes halogenated alkanes) is 4. The van der Waals surface area contributed by atoms with Gasteiger partial charge in [-0.15, -0.1) is 0 Å². The van der Waals surface area contributed by atoms with Crippen molar-refractivity contribution in [2.75, 3.05) is 13.1 Å². The highest BCUT2D eigenvalue weighted by atomic mass is 16.2. The quantitative estimate of drug-likeness (QED) is 0.102. The van der Waals surface area contributed by atoms with Crippen LogP contribution in [0.15, 0.2) is 97.1 Å². The van der Waals surface area contributed by atoms with Gasteiger partial charge in [0.1, 0.15) is 12.6 Å². The van der Waals surface area contributed by atoms with E-state index < -0.39 is 11.8 Å². The zero-order valence-electron chi connectivity index (χ0n) is 27.9. The Morgan fingerprint density at radius 3 is 1.08 bits per heavy atom. The third-order valence-corrected chi connectivity index (χ3v) is 10.1. The Balaban J connectivity index is 1.36. The molecule has 0 radical (unpaired) electrons. The van der Waals surface area contributed by atoms with Gasteiger partial charge in [-0.2, -0.15) is 0 Å². The lowest BCUT2D eigenvalue weighted by Gasteiger charge is -2.32. The van der Waals surface area contributed by atoms with E-state index in [2.05, 4.69) is 62.4 Å². The van der Waals surface area contributed by atoms with E-state index in [1.54, 1.807) is 0 Å². The summed E-state index contributed by atoms with van der Waals surface area (Å²) in [6.07, 6.45) is 7.63. The van der Waals surface area contributed by atoms with Gasteiger partial charge in [-0.05, 0) is 46.2 Å². The van der Waals surface area contributed by atoms with E-state index in [0.29, 0.717) is 24.2 Å². The maximum absolute atomic E-state index is 14.6. The second-order valence-electron chi connectivity index (χ2n) is 13.1. The highest BCUT2D eigenvalue weighted by Gasteiger charge is 2.62. The molecule has 4 aromatic rings. The number of amides is 2. The molecule has 48 heavy (non-hydrogen) atoms. The number of fused-ring (bicyclic) bond motifs is 1. The smallest absolute Gasteiger partial charge is 0.229 e. The molecule has 4 unspecified atom stereocenters. The predicted octanol–water partition coefficient (Wildman–Crippen LogP) is 8.73. The summed E-state index contributed by atoms with van der Waals surface area (Å²) in [4.78, 5) is 55.4. The Labute approximate surface area is 283 Å². The minimum absolute atomic E-state index is 0.0690. The molecule has 2 amide bonds. The molecule has 0 aliphatic carbocycles. The maximum atomic E-state index is 14.6.